The number of aromatic nitrogens is 2. The van der Waals surface area contributed by atoms with E-state index < -0.39 is 11.4 Å². The fraction of sp³-hybridized carbons (Fsp3) is 0.250. The zero-order valence-electron chi connectivity index (χ0n) is 15.7. The monoisotopic (exact) mass is 495 g/mol. The minimum absolute atomic E-state index is 0.0761. The highest BCUT2D eigenvalue weighted by Crippen LogP contribution is 2.25. The van der Waals surface area contributed by atoms with Gasteiger partial charge in [0.2, 0.25) is 5.91 Å². The predicted octanol–water partition coefficient (Wildman–Crippen LogP) is 4.31. The molecule has 29 heavy (non-hydrogen) atoms. The van der Waals surface area contributed by atoms with Crippen LogP contribution in [0.4, 0.5) is 5.69 Å². The van der Waals surface area contributed by atoms with E-state index >= 15 is 0 Å². The largest absolute Gasteiger partial charge is 0.392 e. The van der Waals surface area contributed by atoms with Gasteiger partial charge in [-0.05, 0) is 50.2 Å². The zero-order valence-corrected chi connectivity index (χ0v) is 18.9. The Bertz CT molecular complexity index is 1120. The summed E-state index contributed by atoms with van der Waals surface area (Å²) in [5.74, 6) is -0.225. The van der Waals surface area contributed by atoms with Crippen LogP contribution in [-0.4, -0.2) is 31.9 Å². The van der Waals surface area contributed by atoms with Gasteiger partial charge in [-0.25, -0.2) is 4.98 Å². The van der Waals surface area contributed by atoms with Gasteiger partial charge in [0.1, 0.15) is 0 Å². The van der Waals surface area contributed by atoms with E-state index in [-0.39, 0.29) is 18.0 Å². The van der Waals surface area contributed by atoms with Crippen LogP contribution < -0.4 is 10.9 Å². The van der Waals surface area contributed by atoms with Crippen LogP contribution in [0.15, 0.2) is 56.9 Å². The van der Waals surface area contributed by atoms with Crippen molar-refractivity contribution in [2.24, 2.45) is 0 Å². The molecule has 0 aliphatic rings. The second kappa shape index (κ2) is 9.30. The molecule has 2 atom stereocenters. The van der Waals surface area contributed by atoms with Gasteiger partial charge in [0, 0.05) is 15.2 Å². The number of hydrogen-bond donors (Lipinski definition) is 2. The maximum atomic E-state index is 12.9. The summed E-state index contributed by atoms with van der Waals surface area (Å²) in [6.07, 6.45) is -0.746. The van der Waals surface area contributed by atoms with Gasteiger partial charge in [0.05, 0.1) is 28.8 Å². The first kappa shape index (κ1) is 21.8. The second-order valence-electron chi connectivity index (χ2n) is 6.58. The molecule has 0 aliphatic carbocycles. The number of fused-ring (bicyclic) bond motifs is 1. The molecule has 2 N–H and O–H groups in total. The van der Waals surface area contributed by atoms with Crippen LogP contribution in [-0.2, 0) is 11.3 Å². The van der Waals surface area contributed by atoms with Crippen molar-refractivity contribution in [3.05, 3.63) is 62.3 Å². The smallest absolute Gasteiger partial charge is 0.262 e. The Morgan fingerprint density at radius 1 is 1.31 bits per heavy atom. The molecule has 6 nitrogen and oxygen atoms in total. The van der Waals surface area contributed by atoms with E-state index in [1.807, 2.05) is 12.1 Å². The molecule has 9 heteroatoms. The van der Waals surface area contributed by atoms with Crippen LogP contribution in [0.3, 0.4) is 0 Å². The molecule has 1 heterocycles. The van der Waals surface area contributed by atoms with Crippen LogP contribution in [0.2, 0.25) is 5.02 Å². The van der Waals surface area contributed by atoms with Gasteiger partial charge < -0.3 is 10.4 Å². The molecule has 0 aliphatic heterocycles. The number of nitrogens with one attached hydrogen (secondary N) is 1. The molecule has 0 saturated heterocycles. The predicted molar refractivity (Wildman–Crippen MR) is 121 cm³/mol. The summed E-state index contributed by atoms with van der Waals surface area (Å²) in [4.78, 5) is 30.1. The van der Waals surface area contributed by atoms with Crippen LogP contribution >= 0.6 is 39.3 Å². The van der Waals surface area contributed by atoms with Gasteiger partial charge in [-0.15, -0.1) is 0 Å². The third kappa shape index (κ3) is 5.39. The van der Waals surface area contributed by atoms with Crippen LogP contribution in [0, 0.1) is 0 Å². The van der Waals surface area contributed by atoms with Crippen LogP contribution in [0.1, 0.15) is 13.8 Å². The molecule has 0 fully saturated rings. The molecule has 1 aromatic heterocycles. The van der Waals surface area contributed by atoms with Crippen molar-refractivity contribution in [1.29, 1.82) is 0 Å². The van der Waals surface area contributed by atoms with E-state index in [9.17, 15) is 14.7 Å². The molecule has 0 spiro atoms. The number of benzene rings is 2. The lowest BCUT2D eigenvalue weighted by Crippen LogP contribution is -2.29. The van der Waals surface area contributed by atoms with Gasteiger partial charge in [-0.1, -0.05) is 45.4 Å². The summed E-state index contributed by atoms with van der Waals surface area (Å²) in [6, 6.07) is 12.1. The Balaban J connectivity index is 1.92. The maximum absolute atomic E-state index is 12.9. The number of aliphatic hydroxyl groups excluding tert-OH is 1. The topological polar surface area (TPSA) is 84.2 Å². The number of thioether (sulfide) groups is 1. The van der Waals surface area contributed by atoms with E-state index in [2.05, 4.69) is 26.2 Å². The van der Waals surface area contributed by atoms with Gasteiger partial charge in [0.15, 0.2) is 5.16 Å². The summed E-state index contributed by atoms with van der Waals surface area (Å²) < 4.78 is 2.25. The first-order valence-electron chi connectivity index (χ1n) is 8.86. The fourth-order valence-electron chi connectivity index (χ4n) is 2.71. The SMILES string of the molecule is C[C@H](O)Cn1c(S[C@H](C)C(=O)Nc2cccc(Br)c2)nc2cc(Cl)ccc2c1=O. The Labute approximate surface area is 185 Å². The van der Waals surface area contributed by atoms with Crippen molar-refractivity contribution in [2.75, 3.05) is 5.32 Å². The first-order chi connectivity index (χ1) is 13.7. The second-order valence-corrected chi connectivity index (χ2v) is 9.24. The molecule has 0 unspecified atom stereocenters. The molecule has 152 valence electrons. The van der Waals surface area contributed by atoms with E-state index in [1.54, 1.807) is 44.2 Å². The van der Waals surface area contributed by atoms with Crippen molar-refractivity contribution in [1.82, 2.24) is 9.55 Å². The van der Waals surface area contributed by atoms with E-state index in [4.69, 9.17) is 11.6 Å². The van der Waals surface area contributed by atoms with Crippen molar-refractivity contribution in [2.45, 2.75) is 36.9 Å². The maximum Gasteiger partial charge on any atom is 0.262 e. The fourth-order valence-corrected chi connectivity index (χ4v) is 4.19. The summed E-state index contributed by atoms with van der Waals surface area (Å²) in [7, 11) is 0. The number of aliphatic hydroxyl groups is 1. The number of anilines is 1. The van der Waals surface area contributed by atoms with Crippen molar-refractivity contribution >= 4 is 61.8 Å². The normalized spacial score (nSPS) is 13.3. The van der Waals surface area contributed by atoms with Gasteiger partial charge in [0.25, 0.3) is 5.56 Å². The highest BCUT2D eigenvalue weighted by molar-refractivity contribution is 9.10. The Hall–Kier alpha value is -1.87. The lowest BCUT2D eigenvalue weighted by Gasteiger charge is -2.17. The summed E-state index contributed by atoms with van der Waals surface area (Å²) in [5, 5.41) is 13.4. The Morgan fingerprint density at radius 2 is 2.07 bits per heavy atom. The van der Waals surface area contributed by atoms with Crippen LogP contribution in [0.5, 0.6) is 0 Å². The number of hydrogen-bond acceptors (Lipinski definition) is 5. The average molecular weight is 497 g/mol. The van der Waals surface area contributed by atoms with Crippen molar-refractivity contribution in [3.63, 3.8) is 0 Å². The molecular formula is C20H19BrClN3O3S. The molecule has 0 radical (unpaired) electrons. The standard InChI is InChI=1S/C20H19BrClN3O3S/c1-11(26)10-25-19(28)16-7-6-14(22)9-17(16)24-20(25)29-12(2)18(27)23-15-5-3-4-13(21)8-15/h3-9,11-12,26H,10H2,1-2H3,(H,23,27)/t11-,12+/m0/s1. The lowest BCUT2D eigenvalue weighted by molar-refractivity contribution is -0.115. The molecule has 0 bridgehead atoms. The average Bonchev–Trinajstić information content (AvgIpc) is 2.64. The zero-order chi connectivity index (χ0) is 21.1. The van der Waals surface area contributed by atoms with Crippen molar-refractivity contribution < 1.29 is 9.90 Å². The molecule has 0 saturated carbocycles. The van der Waals surface area contributed by atoms with Gasteiger partial charge in [-0.2, -0.15) is 0 Å². The third-order valence-electron chi connectivity index (χ3n) is 4.07. The minimum atomic E-state index is -0.746. The molecular weight excluding hydrogens is 478 g/mol. The number of carbonyl (C=O) groups is 1. The highest BCUT2D eigenvalue weighted by atomic mass is 79.9. The van der Waals surface area contributed by atoms with Gasteiger partial charge in [-0.3, -0.25) is 14.2 Å². The number of amides is 1. The van der Waals surface area contributed by atoms with E-state index in [0.717, 1.165) is 16.2 Å². The lowest BCUT2D eigenvalue weighted by atomic mass is 10.2. The summed E-state index contributed by atoms with van der Waals surface area (Å²) in [6.45, 7) is 3.40. The van der Waals surface area contributed by atoms with Crippen LogP contribution in [0.25, 0.3) is 10.9 Å². The van der Waals surface area contributed by atoms with E-state index in [0.29, 0.717) is 26.8 Å². The Kier molecular flexibility index (Phi) is 7.00. The summed E-state index contributed by atoms with van der Waals surface area (Å²) >= 11 is 10.6. The van der Waals surface area contributed by atoms with Gasteiger partial charge >= 0.3 is 0 Å². The highest BCUT2D eigenvalue weighted by Gasteiger charge is 2.20. The third-order valence-corrected chi connectivity index (χ3v) is 5.89. The summed E-state index contributed by atoms with van der Waals surface area (Å²) in [5.41, 5.74) is 0.831. The number of carbonyl (C=O) groups excluding carboxylic acids is 1. The molecule has 3 aromatic rings. The quantitative estimate of drug-likeness (QED) is 0.392. The van der Waals surface area contributed by atoms with Crippen molar-refractivity contribution in [3.8, 4) is 0 Å². The molecule has 1 amide bonds. The number of halogens is 2. The minimum Gasteiger partial charge on any atom is -0.392 e. The Morgan fingerprint density at radius 3 is 2.76 bits per heavy atom. The first-order valence-corrected chi connectivity index (χ1v) is 10.9. The number of rotatable bonds is 6. The molecule has 3 rings (SSSR count). The molecule has 2 aromatic carbocycles. The van der Waals surface area contributed by atoms with E-state index in [1.165, 1.54) is 4.57 Å². The number of nitrogens with zero attached hydrogens (tertiary/aromatic N) is 2.